The first-order valence-electron chi connectivity index (χ1n) is 5.83. The summed E-state index contributed by atoms with van der Waals surface area (Å²) in [6.45, 7) is 4.82. The largest absolute Gasteiger partial charge is 0.469 e. The Labute approximate surface area is 109 Å². The Hall–Kier alpha value is -1.88. The molecule has 0 aromatic carbocycles. The highest BCUT2D eigenvalue weighted by molar-refractivity contribution is 7.16. The number of fused-ring (bicyclic) bond motifs is 1. The molecule has 0 aliphatic carbocycles. The van der Waals surface area contributed by atoms with E-state index in [0.717, 1.165) is 33.9 Å². The van der Waals surface area contributed by atoms with E-state index in [0.29, 0.717) is 5.82 Å². The number of thiophene rings is 1. The van der Waals surface area contributed by atoms with Crippen molar-refractivity contribution in [1.29, 1.82) is 0 Å². The van der Waals surface area contributed by atoms with Gasteiger partial charge in [0.25, 0.3) is 0 Å². The molecule has 4 nitrogen and oxygen atoms in total. The molecule has 3 aromatic rings. The molecule has 0 atom stereocenters. The third kappa shape index (κ3) is 1.76. The van der Waals surface area contributed by atoms with Crippen LogP contribution in [0.25, 0.3) is 21.6 Å². The topological polar surface area (TPSA) is 51.0 Å². The number of furan rings is 1. The minimum atomic E-state index is 0.715. The van der Waals surface area contributed by atoms with Crippen molar-refractivity contribution in [2.24, 2.45) is 0 Å². The highest BCUT2D eigenvalue weighted by atomic mass is 32.1. The van der Waals surface area contributed by atoms with E-state index >= 15 is 0 Å². The van der Waals surface area contributed by atoms with Crippen LogP contribution in [0, 0.1) is 6.92 Å². The van der Waals surface area contributed by atoms with E-state index in [2.05, 4.69) is 22.2 Å². The number of hydrogen-bond donors (Lipinski definition) is 1. The summed E-state index contributed by atoms with van der Waals surface area (Å²) in [5.74, 6) is 2.44. The molecular weight excluding hydrogens is 246 g/mol. The van der Waals surface area contributed by atoms with Gasteiger partial charge >= 0.3 is 0 Å². The van der Waals surface area contributed by atoms with Gasteiger partial charge < -0.3 is 9.73 Å². The molecule has 0 fully saturated rings. The highest BCUT2D eigenvalue weighted by Crippen LogP contribution is 2.29. The predicted octanol–water partition coefficient (Wildman–Crippen LogP) is 3.69. The summed E-state index contributed by atoms with van der Waals surface area (Å²) < 4.78 is 5.32. The fraction of sp³-hybridized carbons (Fsp3) is 0.231. The van der Waals surface area contributed by atoms with Crippen molar-refractivity contribution in [2.45, 2.75) is 13.8 Å². The molecule has 92 valence electrons. The van der Waals surface area contributed by atoms with E-state index in [4.69, 9.17) is 4.42 Å². The first-order valence-corrected chi connectivity index (χ1v) is 6.71. The van der Waals surface area contributed by atoms with E-state index < -0.39 is 0 Å². The predicted molar refractivity (Wildman–Crippen MR) is 74.0 cm³/mol. The Morgan fingerprint density at radius 3 is 2.94 bits per heavy atom. The number of rotatable bonds is 3. The maximum absolute atomic E-state index is 5.32. The highest BCUT2D eigenvalue weighted by Gasteiger charge is 2.12. The molecule has 1 N–H and O–H groups in total. The summed E-state index contributed by atoms with van der Waals surface area (Å²) in [5, 5.41) is 6.39. The average Bonchev–Trinajstić information content (AvgIpc) is 2.97. The summed E-state index contributed by atoms with van der Waals surface area (Å²) >= 11 is 1.62. The van der Waals surface area contributed by atoms with Crippen LogP contribution in [-0.4, -0.2) is 16.5 Å². The smallest absolute Gasteiger partial charge is 0.166 e. The fourth-order valence-electron chi connectivity index (χ4n) is 1.89. The van der Waals surface area contributed by atoms with Crippen molar-refractivity contribution in [1.82, 2.24) is 9.97 Å². The van der Waals surface area contributed by atoms with Crippen LogP contribution in [0.15, 0.2) is 28.2 Å². The molecule has 3 rings (SSSR count). The second kappa shape index (κ2) is 4.42. The summed E-state index contributed by atoms with van der Waals surface area (Å²) in [7, 11) is 0. The van der Waals surface area contributed by atoms with E-state index in [1.165, 1.54) is 0 Å². The van der Waals surface area contributed by atoms with Crippen molar-refractivity contribution < 1.29 is 4.42 Å². The zero-order chi connectivity index (χ0) is 12.5. The number of nitrogens with one attached hydrogen (secondary N) is 1. The van der Waals surface area contributed by atoms with Crippen LogP contribution < -0.4 is 5.32 Å². The van der Waals surface area contributed by atoms with E-state index in [9.17, 15) is 0 Å². The lowest BCUT2D eigenvalue weighted by atomic mass is 10.2. The molecule has 18 heavy (non-hydrogen) atoms. The van der Waals surface area contributed by atoms with Gasteiger partial charge in [-0.2, -0.15) is 0 Å². The number of nitrogens with zero attached hydrogens (tertiary/aromatic N) is 2. The second-order valence-corrected chi connectivity index (χ2v) is 4.85. The Balaban J connectivity index is 2.21. The Morgan fingerprint density at radius 1 is 1.33 bits per heavy atom. The zero-order valence-corrected chi connectivity index (χ0v) is 11.0. The van der Waals surface area contributed by atoms with Crippen molar-refractivity contribution in [3.63, 3.8) is 0 Å². The maximum atomic E-state index is 5.32. The van der Waals surface area contributed by atoms with Gasteiger partial charge in [0, 0.05) is 6.54 Å². The van der Waals surface area contributed by atoms with Crippen LogP contribution in [0.2, 0.25) is 0 Å². The quantitative estimate of drug-likeness (QED) is 0.779. The van der Waals surface area contributed by atoms with Crippen molar-refractivity contribution >= 4 is 27.4 Å². The lowest BCUT2D eigenvalue weighted by molar-refractivity contribution is 0.535. The summed E-state index contributed by atoms with van der Waals surface area (Å²) in [4.78, 5) is 10.2. The first kappa shape index (κ1) is 11.2. The summed E-state index contributed by atoms with van der Waals surface area (Å²) in [6, 6.07) is 3.95. The Bertz CT molecular complexity index is 686. The van der Waals surface area contributed by atoms with Crippen molar-refractivity contribution in [3.05, 3.63) is 29.5 Å². The van der Waals surface area contributed by atoms with Gasteiger partial charge in [-0.1, -0.05) is 0 Å². The van der Waals surface area contributed by atoms with Gasteiger partial charge in [-0.15, -0.1) is 11.3 Å². The monoisotopic (exact) mass is 259 g/mol. The second-order valence-electron chi connectivity index (χ2n) is 3.96. The third-order valence-corrected chi connectivity index (χ3v) is 3.58. The van der Waals surface area contributed by atoms with Crippen LogP contribution in [-0.2, 0) is 0 Å². The minimum Gasteiger partial charge on any atom is -0.469 e. The van der Waals surface area contributed by atoms with Gasteiger partial charge in [-0.25, -0.2) is 9.97 Å². The van der Waals surface area contributed by atoms with Gasteiger partial charge in [0.1, 0.15) is 16.4 Å². The SMILES string of the molecule is CCNc1nc(-c2ccoc2C)nc2sccc12. The Morgan fingerprint density at radius 2 is 2.22 bits per heavy atom. The van der Waals surface area contributed by atoms with Crippen molar-refractivity contribution in [3.8, 4) is 11.4 Å². The number of hydrogen-bond acceptors (Lipinski definition) is 5. The molecule has 0 radical (unpaired) electrons. The molecule has 0 saturated heterocycles. The minimum absolute atomic E-state index is 0.715. The van der Waals surface area contributed by atoms with Gasteiger partial charge in [-0.3, -0.25) is 0 Å². The van der Waals surface area contributed by atoms with Crippen LogP contribution in [0.1, 0.15) is 12.7 Å². The molecule has 0 spiro atoms. The summed E-state index contributed by atoms with van der Waals surface area (Å²) in [5.41, 5.74) is 0.949. The average molecular weight is 259 g/mol. The number of anilines is 1. The first-order chi connectivity index (χ1) is 8.79. The molecule has 0 unspecified atom stereocenters. The van der Waals surface area contributed by atoms with Crippen LogP contribution >= 0.6 is 11.3 Å². The molecule has 0 aliphatic rings. The zero-order valence-electron chi connectivity index (χ0n) is 10.2. The van der Waals surface area contributed by atoms with Gasteiger partial charge in [-0.05, 0) is 31.4 Å². The molecule has 0 amide bonds. The summed E-state index contributed by atoms with van der Waals surface area (Å²) in [6.07, 6.45) is 1.67. The Kier molecular flexibility index (Phi) is 2.76. The molecule has 0 saturated carbocycles. The van der Waals surface area contributed by atoms with E-state index in [-0.39, 0.29) is 0 Å². The van der Waals surface area contributed by atoms with Gasteiger partial charge in [0.05, 0.1) is 17.2 Å². The van der Waals surface area contributed by atoms with Crippen LogP contribution in [0.5, 0.6) is 0 Å². The van der Waals surface area contributed by atoms with Gasteiger partial charge in [0.15, 0.2) is 5.82 Å². The van der Waals surface area contributed by atoms with E-state index in [1.54, 1.807) is 17.6 Å². The molecule has 0 bridgehead atoms. The normalized spacial score (nSPS) is 11.0. The number of aryl methyl sites for hydroxylation is 1. The fourth-order valence-corrected chi connectivity index (χ4v) is 2.66. The molecule has 3 aromatic heterocycles. The molecular formula is C13H13N3OS. The van der Waals surface area contributed by atoms with E-state index in [1.807, 2.05) is 24.4 Å². The van der Waals surface area contributed by atoms with Gasteiger partial charge in [0.2, 0.25) is 0 Å². The van der Waals surface area contributed by atoms with Crippen molar-refractivity contribution in [2.75, 3.05) is 11.9 Å². The molecule has 5 heteroatoms. The molecule has 0 aliphatic heterocycles. The maximum Gasteiger partial charge on any atom is 0.166 e. The lowest BCUT2D eigenvalue weighted by Crippen LogP contribution is -2.01. The third-order valence-electron chi connectivity index (χ3n) is 2.77. The molecule has 3 heterocycles. The van der Waals surface area contributed by atoms with Crippen LogP contribution in [0.3, 0.4) is 0 Å². The standard InChI is InChI=1S/C13H13N3OS/c1-3-14-11-10-5-7-18-13(10)16-12(15-11)9-4-6-17-8(9)2/h4-7H,3H2,1-2H3,(H,14,15,16). The van der Waals surface area contributed by atoms with Crippen LogP contribution in [0.4, 0.5) is 5.82 Å². The lowest BCUT2D eigenvalue weighted by Gasteiger charge is -2.06. The number of aromatic nitrogens is 2.